The van der Waals surface area contributed by atoms with Gasteiger partial charge in [-0.1, -0.05) is 0 Å². The van der Waals surface area contributed by atoms with Gasteiger partial charge in [0.2, 0.25) is 0 Å². The van der Waals surface area contributed by atoms with E-state index in [2.05, 4.69) is 5.32 Å². The van der Waals surface area contributed by atoms with Crippen LogP contribution in [0.2, 0.25) is 0 Å². The van der Waals surface area contributed by atoms with E-state index in [1.54, 1.807) is 0 Å². The number of rotatable bonds is 5. The normalized spacial score (nSPS) is 11.5. The van der Waals surface area contributed by atoms with Gasteiger partial charge in [0.25, 0.3) is 0 Å². The Hall–Kier alpha value is -0.420. The van der Waals surface area contributed by atoms with Crippen molar-refractivity contribution in [1.82, 2.24) is 5.32 Å². The molecule has 0 aliphatic heterocycles. The largest absolute Gasteiger partial charge is 0.481 e. The summed E-state index contributed by atoms with van der Waals surface area (Å²) < 4.78 is 10.2. The van der Waals surface area contributed by atoms with Crippen molar-refractivity contribution in [3.05, 3.63) is 0 Å². The standard InChI is InChI=1S/C4H10NO5P/c6-4(7)1-2-5-3-11(8,9)10/h5H,1-3H2,(H,6,7)(H2,8,9,10). The van der Waals surface area contributed by atoms with Crippen molar-refractivity contribution in [2.24, 2.45) is 0 Å². The van der Waals surface area contributed by atoms with E-state index in [0.29, 0.717) is 0 Å². The molecule has 0 fully saturated rings. The maximum absolute atomic E-state index is 10.2. The molecule has 0 atom stereocenters. The molecule has 0 saturated heterocycles. The van der Waals surface area contributed by atoms with E-state index < -0.39 is 19.9 Å². The van der Waals surface area contributed by atoms with Crippen LogP contribution >= 0.6 is 7.60 Å². The zero-order valence-electron chi connectivity index (χ0n) is 5.73. The van der Waals surface area contributed by atoms with Gasteiger partial charge in [0.1, 0.15) is 0 Å². The van der Waals surface area contributed by atoms with Crippen LogP contribution in [0.4, 0.5) is 0 Å². The summed E-state index contributed by atoms with van der Waals surface area (Å²) in [6.45, 7) is 0.0699. The Kier molecular flexibility index (Phi) is 4.29. The first-order chi connectivity index (χ1) is 4.92. The first kappa shape index (κ1) is 10.6. The smallest absolute Gasteiger partial charge is 0.339 e. The summed E-state index contributed by atoms with van der Waals surface area (Å²) >= 11 is 0. The summed E-state index contributed by atoms with van der Waals surface area (Å²) in [5.41, 5.74) is 0. The van der Waals surface area contributed by atoms with Crippen LogP contribution in [-0.2, 0) is 9.36 Å². The van der Waals surface area contributed by atoms with Gasteiger partial charge in [-0.05, 0) is 0 Å². The van der Waals surface area contributed by atoms with Gasteiger partial charge < -0.3 is 20.2 Å². The minimum Gasteiger partial charge on any atom is -0.481 e. The van der Waals surface area contributed by atoms with E-state index >= 15 is 0 Å². The summed E-state index contributed by atoms with van der Waals surface area (Å²) in [4.78, 5) is 26.5. The van der Waals surface area contributed by atoms with Crippen LogP contribution < -0.4 is 5.32 Å². The lowest BCUT2D eigenvalue weighted by Gasteiger charge is -2.03. The van der Waals surface area contributed by atoms with E-state index in [9.17, 15) is 9.36 Å². The highest BCUT2D eigenvalue weighted by Crippen LogP contribution is 2.31. The fourth-order valence-corrected chi connectivity index (χ4v) is 0.869. The summed E-state index contributed by atoms with van der Waals surface area (Å²) in [5.74, 6) is -0.997. The average Bonchev–Trinajstić information content (AvgIpc) is 1.78. The van der Waals surface area contributed by atoms with E-state index in [1.807, 2.05) is 0 Å². The Morgan fingerprint density at radius 3 is 2.36 bits per heavy atom. The average molecular weight is 183 g/mol. The Labute approximate surface area is 63.4 Å². The van der Waals surface area contributed by atoms with Crippen LogP contribution in [0.5, 0.6) is 0 Å². The molecule has 11 heavy (non-hydrogen) atoms. The summed E-state index contributed by atoms with van der Waals surface area (Å²) in [6.07, 6.45) is -0.611. The molecule has 0 saturated carbocycles. The molecule has 0 bridgehead atoms. The number of carboxylic acid groups (broad SMARTS) is 1. The minimum absolute atomic E-state index is 0.0699. The number of aliphatic carboxylic acids is 1. The van der Waals surface area contributed by atoms with E-state index in [-0.39, 0.29) is 13.0 Å². The Morgan fingerprint density at radius 1 is 1.45 bits per heavy atom. The molecular formula is C4H10NO5P. The van der Waals surface area contributed by atoms with Gasteiger partial charge in [0.05, 0.1) is 12.7 Å². The Bertz CT molecular complexity index is 175. The molecule has 66 valence electrons. The zero-order valence-corrected chi connectivity index (χ0v) is 6.62. The highest BCUT2D eigenvalue weighted by Gasteiger charge is 2.10. The molecule has 0 heterocycles. The third-order valence-corrected chi connectivity index (χ3v) is 1.47. The van der Waals surface area contributed by atoms with Gasteiger partial charge >= 0.3 is 13.6 Å². The topological polar surface area (TPSA) is 107 Å². The van der Waals surface area contributed by atoms with Crippen LogP contribution in [-0.4, -0.2) is 33.7 Å². The second kappa shape index (κ2) is 4.46. The molecular weight excluding hydrogens is 173 g/mol. The molecule has 0 aromatic heterocycles. The molecule has 0 aliphatic carbocycles. The van der Waals surface area contributed by atoms with Crippen molar-refractivity contribution in [3.63, 3.8) is 0 Å². The molecule has 6 nitrogen and oxygen atoms in total. The lowest BCUT2D eigenvalue weighted by atomic mass is 10.4. The molecule has 0 radical (unpaired) electrons. The van der Waals surface area contributed by atoms with Crippen LogP contribution in [0, 0.1) is 0 Å². The highest BCUT2D eigenvalue weighted by molar-refractivity contribution is 7.51. The molecule has 0 aliphatic rings. The van der Waals surface area contributed by atoms with Gasteiger partial charge in [0, 0.05) is 6.54 Å². The second-order valence-electron chi connectivity index (χ2n) is 1.97. The number of hydrogen-bond acceptors (Lipinski definition) is 3. The monoisotopic (exact) mass is 183 g/mol. The highest BCUT2D eigenvalue weighted by atomic mass is 31.2. The van der Waals surface area contributed by atoms with Crippen LogP contribution in [0.1, 0.15) is 6.42 Å². The van der Waals surface area contributed by atoms with Crippen molar-refractivity contribution in [2.45, 2.75) is 6.42 Å². The summed E-state index contributed by atoms with van der Waals surface area (Å²) in [7, 11) is -4.03. The van der Waals surface area contributed by atoms with Crippen LogP contribution in [0.3, 0.4) is 0 Å². The quantitative estimate of drug-likeness (QED) is 0.328. The molecule has 0 rings (SSSR count). The van der Waals surface area contributed by atoms with E-state index in [4.69, 9.17) is 14.9 Å². The van der Waals surface area contributed by atoms with Gasteiger partial charge in [0.15, 0.2) is 0 Å². The first-order valence-corrected chi connectivity index (χ1v) is 4.68. The van der Waals surface area contributed by atoms with Crippen LogP contribution in [0.15, 0.2) is 0 Å². The molecule has 0 spiro atoms. The maximum atomic E-state index is 10.2. The van der Waals surface area contributed by atoms with E-state index in [1.165, 1.54) is 0 Å². The molecule has 0 aromatic carbocycles. The van der Waals surface area contributed by atoms with Crippen molar-refractivity contribution in [3.8, 4) is 0 Å². The molecule has 0 unspecified atom stereocenters. The third-order valence-electron chi connectivity index (χ3n) is 0.833. The Balaban J connectivity index is 3.29. The summed E-state index contributed by atoms with van der Waals surface area (Å²) in [5, 5.41) is 10.4. The van der Waals surface area contributed by atoms with Crippen molar-refractivity contribution < 1.29 is 24.3 Å². The SMILES string of the molecule is O=C(O)CCNCP(=O)(O)O. The molecule has 4 N–H and O–H groups in total. The Morgan fingerprint density at radius 2 is 2.00 bits per heavy atom. The van der Waals surface area contributed by atoms with Gasteiger partial charge in [-0.25, -0.2) is 0 Å². The maximum Gasteiger partial charge on any atom is 0.339 e. The lowest BCUT2D eigenvalue weighted by Crippen LogP contribution is -2.19. The predicted molar refractivity (Wildman–Crippen MR) is 37.2 cm³/mol. The second-order valence-corrected chi connectivity index (χ2v) is 3.61. The minimum atomic E-state index is -4.03. The van der Waals surface area contributed by atoms with Crippen molar-refractivity contribution >= 4 is 13.6 Å². The van der Waals surface area contributed by atoms with Crippen molar-refractivity contribution in [2.75, 3.05) is 12.8 Å². The molecule has 0 amide bonds. The predicted octanol–water partition coefficient (Wildman–Crippen LogP) is -0.814. The third kappa shape index (κ3) is 9.58. The summed E-state index contributed by atoms with van der Waals surface area (Å²) in [6, 6.07) is 0. The van der Waals surface area contributed by atoms with Gasteiger partial charge in [-0.2, -0.15) is 0 Å². The number of hydrogen-bond donors (Lipinski definition) is 4. The number of nitrogens with one attached hydrogen (secondary N) is 1. The van der Waals surface area contributed by atoms with Crippen molar-refractivity contribution in [1.29, 1.82) is 0 Å². The molecule has 0 aromatic rings. The first-order valence-electron chi connectivity index (χ1n) is 2.89. The number of carbonyl (C=O) groups is 1. The zero-order chi connectivity index (χ0) is 8.91. The van der Waals surface area contributed by atoms with Gasteiger partial charge in [-0.3, -0.25) is 9.36 Å². The molecule has 7 heteroatoms. The fourth-order valence-electron chi connectivity index (χ4n) is 0.420. The van der Waals surface area contributed by atoms with Crippen LogP contribution in [0.25, 0.3) is 0 Å². The van der Waals surface area contributed by atoms with Gasteiger partial charge in [-0.15, -0.1) is 0 Å². The van der Waals surface area contributed by atoms with E-state index in [0.717, 1.165) is 0 Å². The number of carboxylic acids is 1. The fraction of sp³-hybridized carbons (Fsp3) is 0.750. The lowest BCUT2D eigenvalue weighted by molar-refractivity contribution is -0.136.